The van der Waals surface area contributed by atoms with Crippen LogP contribution in [0.3, 0.4) is 0 Å². The fourth-order valence-corrected chi connectivity index (χ4v) is 2.30. The van der Waals surface area contributed by atoms with Crippen LogP contribution in [0.1, 0.15) is 30.1 Å². The summed E-state index contributed by atoms with van der Waals surface area (Å²) in [6.45, 7) is 3.78. The van der Waals surface area contributed by atoms with Crippen molar-refractivity contribution in [1.29, 1.82) is 0 Å². The normalized spacial score (nSPS) is 20.5. The lowest BCUT2D eigenvalue weighted by Crippen LogP contribution is -2.31. The Balaban J connectivity index is 1.88. The standard InChI is InChI=1S/C14H20N2O/c1-11(17)12-5-7-13(8-6-12)15-10-14-4-3-9-16(14)2/h5-8,14-15H,3-4,9-10H2,1-2H3. The highest BCUT2D eigenvalue weighted by atomic mass is 16.1. The zero-order valence-corrected chi connectivity index (χ0v) is 10.6. The number of rotatable bonds is 4. The number of likely N-dealkylation sites (tertiary alicyclic amines) is 1. The van der Waals surface area contributed by atoms with Gasteiger partial charge in [-0.3, -0.25) is 4.79 Å². The molecule has 17 heavy (non-hydrogen) atoms. The second-order valence-electron chi connectivity index (χ2n) is 4.79. The maximum atomic E-state index is 11.1. The van der Waals surface area contributed by atoms with Gasteiger partial charge in [-0.1, -0.05) is 0 Å². The second-order valence-corrected chi connectivity index (χ2v) is 4.79. The molecule has 1 heterocycles. The van der Waals surface area contributed by atoms with Gasteiger partial charge in [0.2, 0.25) is 0 Å². The van der Waals surface area contributed by atoms with E-state index in [1.165, 1.54) is 19.4 Å². The predicted octanol–water partition coefficient (Wildman–Crippen LogP) is 2.40. The molecule has 1 saturated heterocycles. The van der Waals surface area contributed by atoms with E-state index in [-0.39, 0.29) is 5.78 Å². The van der Waals surface area contributed by atoms with Gasteiger partial charge in [-0.05, 0) is 57.6 Å². The lowest BCUT2D eigenvalue weighted by Gasteiger charge is -2.20. The van der Waals surface area contributed by atoms with E-state index in [2.05, 4.69) is 17.3 Å². The monoisotopic (exact) mass is 232 g/mol. The quantitative estimate of drug-likeness (QED) is 0.809. The van der Waals surface area contributed by atoms with Crippen molar-refractivity contribution in [3.63, 3.8) is 0 Å². The Morgan fingerprint density at radius 1 is 1.41 bits per heavy atom. The number of hydrogen-bond acceptors (Lipinski definition) is 3. The third-order valence-corrected chi connectivity index (χ3v) is 3.50. The van der Waals surface area contributed by atoms with Crippen LogP contribution in [0.2, 0.25) is 0 Å². The van der Waals surface area contributed by atoms with Gasteiger partial charge in [-0.2, -0.15) is 0 Å². The lowest BCUT2D eigenvalue weighted by molar-refractivity contribution is 0.101. The van der Waals surface area contributed by atoms with Crippen molar-refractivity contribution in [2.75, 3.05) is 25.5 Å². The van der Waals surface area contributed by atoms with Gasteiger partial charge in [-0.15, -0.1) is 0 Å². The number of carbonyl (C=O) groups is 1. The van der Waals surface area contributed by atoms with Crippen molar-refractivity contribution < 1.29 is 4.79 Å². The molecule has 0 amide bonds. The molecule has 1 N–H and O–H groups in total. The minimum atomic E-state index is 0.118. The SMILES string of the molecule is CC(=O)c1ccc(NCC2CCCN2C)cc1. The zero-order chi connectivity index (χ0) is 12.3. The molecular formula is C14H20N2O. The molecule has 0 bridgehead atoms. The van der Waals surface area contributed by atoms with Crippen LogP contribution in [0.25, 0.3) is 0 Å². The third kappa shape index (κ3) is 3.07. The summed E-state index contributed by atoms with van der Waals surface area (Å²) < 4.78 is 0. The first-order valence-corrected chi connectivity index (χ1v) is 6.22. The number of ketones is 1. The molecule has 1 aromatic rings. The highest BCUT2D eigenvalue weighted by Crippen LogP contribution is 2.16. The molecule has 2 rings (SSSR count). The van der Waals surface area contributed by atoms with Crippen molar-refractivity contribution in [2.24, 2.45) is 0 Å². The summed E-state index contributed by atoms with van der Waals surface area (Å²) in [5, 5.41) is 3.43. The van der Waals surface area contributed by atoms with Gasteiger partial charge in [0.1, 0.15) is 0 Å². The van der Waals surface area contributed by atoms with Crippen LogP contribution >= 0.6 is 0 Å². The van der Waals surface area contributed by atoms with Gasteiger partial charge >= 0.3 is 0 Å². The van der Waals surface area contributed by atoms with Gasteiger partial charge in [0.25, 0.3) is 0 Å². The molecule has 1 atom stereocenters. The van der Waals surface area contributed by atoms with Crippen molar-refractivity contribution in [3.8, 4) is 0 Å². The number of benzene rings is 1. The van der Waals surface area contributed by atoms with Gasteiger partial charge in [0.05, 0.1) is 0 Å². The van der Waals surface area contributed by atoms with E-state index in [4.69, 9.17) is 0 Å². The first kappa shape index (κ1) is 12.1. The van der Waals surface area contributed by atoms with E-state index < -0.39 is 0 Å². The van der Waals surface area contributed by atoms with Crippen LogP contribution < -0.4 is 5.32 Å². The number of nitrogens with zero attached hydrogens (tertiary/aromatic N) is 1. The molecule has 0 spiro atoms. The number of likely N-dealkylation sites (N-methyl/N-ethyl adjacent to an activating group) is 1. The van der Waals surface area contributed by atoms with E-state index in [1.54, 1.807) is 6.92 Å². The van der Waals surface area contributed by atoms with Crippen LogP contribution in [0.4, 0.5) is 5.69 Å². The predicted molar refractivity (Wildman–Crippen MR) is 70.6 cm³/mol. The molecule has 3 nitrogen and oxygen atoms in total. The molecule has 0 radical (unpaired) electrons. The molecule has 1 aromatic carbocycles. The van der Waals surface area contributed by atoms with Crippen LogP contribution in [-0.4, -0.2) is 36.9 Å². The number of hydrogen-bond donors (Lipinski definition) is 1. The van der Waals surface area contributed by atoms with Gasteiger partial charge in [0, 0.05) is 23.8 Å². The Hall–Kier alpha value is -1.35. The molecule has 0 aromatic heterocycles. The van der Waals surface area contributed by atoms with Crippen molar-refractivity contribution in [2.45, 2.75) is 25.8 Å². The summed E-state index contributed by atoms with van der Waals surface area (Å²) >= 11 is 0. The summed E-state index contributed by atoms with van der Waals surface area (Å²) in [5.41, 5.74) is 1.86. The van der Waals surface area contributed by atoms with Crippen LogP contribution in [0.5, 0.6) is 0 Å². The molecule has 3 heteroatoms. The second kappa shape index (κ2) is 5.32. The van der Waals surface area contributed by atoms with Crippen molar-refractivity contribution in [3.05, 3.63) is 29.8 Å². The molecule has 1 fully saturated rings. The minimum Gasteiger partial charge on any atom is -0.383 e. The van der Waals surface area contributed by atoms with E-state index in [9.17, 15) is 4.79 Å². The van der Waals surface area contributed by atoms with Gasteiger partial charge in [0.15, 0.2) is 5.78 Å². The van der Waals surface area contributed by atoms with Crippen LogP contribution in [0, 0.1) is 0 Å². The number of Topliss-reactive ketones (excluding diaryl/α,β-unsaturated/α-hetero) is 1. The zero-order valence-electron chi connectivity index (χ0n) is 10.6. The molecule has 1 unspecified atom stereocenters. The smallest absolute Gasteiger partial charge is 0.159 e. The molecule has 1 aliphatic heterocycles. The summed E-state index contributed by atoms with van der Waals surface area (Å²) in [6, 6.07) is 8.35. The van der Waals surface area contributed by atoms with Crippen LogP contribution in [-0.2, 0) is 0 Å². The van der Waals surface area contributed by atoms with E-state index in [0.29, 0.717) is 6.04 Å². The summed E-state index contributed by atoms with van der Waals surface area (Å²) in [5.74, 6) is 0.118. The molecule has 0 saturated carbocycles. The molecule has 1 aliphatic rings. The first-order chi connectivity index (χ1) is 8.16. The fourth-order valence-electron chi connectivity index (χ4n) is 2.30. The Bertz CT molecular complexity index is 386. The largest absolute Gasteiger partial charge is 0.383 e. The highest BCUT2D eigenvalue weighted by molar-refractivity contribution is 5.94. The molecular weight excluding hydrogens is 212 g/mol. The minimum absolute atomic E-state index is 0.118. The first-order valence-electron chi connectivity index (χ1n) is 6.22. The van der Waals surface area contributed by atoms with E-state index in [0.717, 1.165) is 17.8 Å². The Kier molecular flexibility index (Phi) is 3.79. The topological polar surface area (TPSA) is 32.3 Å². The third-order valence-electron chi connectivity index (χ3n) is 3.50. The summed E-state index contributed by atoms with van der Waals surface area (Å²) in [6.07, 6.45) is 2.57. The highest BCUT2D eigenvalue weighted by Gasteiger charge is 2.19. The van der Waals surface area contributed by atoms with Crippen LogP contribution in [0.15, 0.2) is 24.3 Å². The Morgan fingerprint density at radius 3 is 2.65 bits per heavy atom. The fraction of sp³-hybridized carbons (Fsp3) is 0.500. The molecule has 92 valence electrons. The maximum absolute atomic E-state index is 11.1. The average molecular weight is 232 g/mol. The number of carbonyl (C=O) groups excluding carboxylic acids is 1. The summed E-state index contributed by atoms with van der Waals surface area (Å²) in [4.78, 5) is 13.5. The van der Waals surface area contributed by atoms with Gasteiger partial charge in [-0.25, -0.2) is 0 Å². The lowest BCUT2D eigenvalue weighted by atomic mass is 10.1. The van der Waals surface area contributed by atoms with Crippen molar-refractivity contribution in [1.82, 2.24) is 4.90 Å². The van der Waals surface area contributed by atoms with Crippen molar-refractivity contribution >= 4 is 11.5 Å². The number of anilines is 1. The molecule has 0 aliphatic carbocycles. The summed E-state index contributed by atoms with van der Waals surface area (Å²) in [7, 11) is 2.18. The maximum Gasteiger partial charge on any atom is 0.159 e. The Labute approximate surface area is 103 Å². The van der Waals surface area contributed by atoms with E-state index >= 15 is 0 Å². The Morgan fingerprint density at radius 2 is 2.12 bits per heavy atom. The number of nitrogens with one attached hydrogen (secondary N) is 1. The van der Waals surface area contributed by atoms with Gasteiger partial charge < -0.3 is 10.2 Å². The average Bonchev–Trinajstić information content (AvgIpc) is 2.73. The van der Waals surface area contributed by atoms with E-state index in [1.807, 2.05) is 24.3 Å².